The summed E-state index contributed by atoms with van der Waals surface area (Å²) in [5.41, 5.74) is 0.974. The third-order valence-corrected chi connectivity index (χ3v) is 6.46. The van der Waals surface area contributed by atoms with E-state index in [0.717, 1.165) is 38.9 Å². The zero-order valence-corrected chi connectivity index (χ0v) is 24.9. The molecule has 0 aliphatic heterocycles. The fraction of sp³-hybridized carbons (Fsp3) is 0.613. The number of hydrogen-bond acceptors (Lipinski definition) is 8. The Morgan fingerprint density at radius 2 is 1.28 bits per heavy atom. The van der Waals surface area contributed by atoms with Crippen molar-refractivity contribution in [3.8, 4) is 11.5 Å². The molecule has 8 heteroatoms. The van der Waals surface area contributed by atoms with E-state index in [0.29, 0.717) is 48.2 Å². The van der Waals surface area contributed by atoms with Gasteiger partial charge in [-0.05, 0) is 70.8 Å². The van der Waals surface area contributed by atoms with Gasteiger partial charge in [-0.2, -0.15) is 0 Å². The normalized spacial score (nSPS) is 12.4. The van der Waals surface area contributed by atoms with Gasteiger partial charge in [0, 0.05) is 37.0 Å². The second-order valence-corrected chi connectivity index (χ2v) is 11.0. The van der Waals surface area contributed by atoms with Crippen LogP contribution in [0.25, 0.3) is 0 Å². The molecular formula is C31H48N4O4. The van der Waals surface area contributed by atoms with Crippen LogP contribution in [0.3, 0.4) is 0 Å². The van der Waals surface area contributed by atoms with Crippen molar-refractivity contribution in [2.45, 2.75) is 79.8 Å². The highest BCUT2D eigenvalue weighted by molar-refractivity contribution is 5.96. The van der Waals surface area contributed by atoms with Crippen LogP contribution in [0.1, 0.15) is 88.7 Å². The maximum absolute atomic E-state index is 12.0. The molecule has 1 N–H and O–H groups in total. The van der Waals surface area contributed by atoms with E-state index in [2.05, 4.69) is 41.0 Å². The standard InChI is InChI=1S/C31H48N4O4/c1-22(2)30(36)28-13-11-26(19-33-28)38-17-9-8-15-32-25(7)21-35(24(5)6)16-10-18-39-27-12-14-29(34-20-27)31(37)23(3)4/h11-14,19-20,22-25,32H,8-10,15-18,21H2,1-7H3. The lowest BCUT2D eigenvalue weighted by Crippen LogP contribution is -2.43. The molecule has 1 atom stereocenters. The van der Waals surface area contributed by atoms with Gasteiger partial charge < -0.3 is 14.8 Å². The maximum atomic E-state index is 12.0. The number of unbranched alkanes of at least 4 members (excludes halogenated alkanes) is 1. The predicted molar refractivity (Wildman–Crippen MR) is 156 cm³/mol. The Morgan fingerprint density at radius 3 is 1.72 bits per heavy atom. The molecule has 2 aromatic heterocycles. The number of ketones is 2. The van der Waals surface area contributed by atoms with Crippen molar-refractivity contribution in [2.24, 2.45) is 11.8 Å². The van der Waals surface area contributed by atoms with E-state index in [9.17, 15) is 9.59 Å². The number of nitrogens with one attached hydrogen (secondary N) is 1. The van der Waals surface area contributed by atoms with Crippen LogP contribution in [0.2, 0.25) is 0 Å². The van der Waals surface area contributed by atoms with Gasteiger partial charge in [0.05, 0.1) is 25.6 Å². The first-order valence-corrected chi connectivity index (χ1v) is 14.3. The van der Waals surface area contributed by atoms with Crippen LogP contribution in [0, 0.1) is 11.8 Å². The Labute approximate surface area is 234 Å². The van der Waals surface area contributed by atoms with E-state index in [-0.39, 0.29) is 23.4 Å². The SMILES string of the molecule is CC(CN(CCCOc1ccc(C(=O)C(C)C)nc1)C(C)C)NCCCCOc1ccc(C(=O)C(C)C)nc1. The molecule has 0 saturated carbocycles. The third kappa shape index (κ3) is 11.8. The first-order valence-electron chi connectivity index (χ1n) is 14.3. The highest BCUT2D eigenvalue weighted by Crippen LogP contribution is 2.14. The van der Waals surface area contributed by atoms with Gasteiger partial charge >= 0.3 is 0 Å². The van der Waals surface area contributed by atoms with Crippen molar-refractivity contribution in [3.05, 3.63) is 48.0 Å². The lowest BCUT2D eigenvalue weighted by molar-refractivity contribution is 0.0927. The molecule has 0 amide bonds. The number of rotatable bonds is 19. The summed E-state index contributed by atoms with van der Waals surface area (Å²) in [7, 11) is 0. The van der Waals surface area contributed by atoms with Crippen LogP contribution in [-0.4, -0.2) is 71.4 Å². The topological polar surface area (TPSA) is 93.6 Å². The van der Waals surface area contributed by atoms with Crippen molar-refractivity contribution in [3.63, 3.8) is 0 Å². The minimum atomic E-state index is -0.0623. The second-order valence-electron chi connectivity index (χ2n) is 11.0. The van der Waals surface area contributed by atoms with Gasteiger partial charge in [0.2, 0.25) is 0 Å². The lowest BCUT2D eigenvalue weighted by atomic mass is 10.1. The number of hydrogen-bond donors (Lipinski definition) is 1. The minimum Gasteiger partial charge on any atom is -0.492 e. The Balaban J connectivity index is 1.60. The quantitative estimate of drug-likeness (QED) is 0.185. The van der Waals surface area contributed by atoms with Crippen LogP contribution in [0.15, 0.2) is 36.7 Å². The molecule has 0 aromatic carbocycles. The number of Topliss-reactive ketones (excluding diaryl/α,β-unsaturated/α-hetero) is 2. The Bertz CT molecular complexity index is 991. The molecule has 0 spiro atoms. The molecule has 2 heterocycles. The summed E-state index contributed by atoms with van der Waals surface area (Å²) in [5, 5.41) is 3.62. The van der Waals surface area contributed by atoms with Crippen molar-refractivity contribution < 1.29 is 19.1 Å². The van der Waals surface area contributed by atoms with Gasteiger partial charge in [0.1, 0.15) is 22.9 Å². The van der Waals surface area contributed by atoms with Crippen molar-refractivity contribution in [1.29, 1.82) is 0 Å². The molecule has 2 aromatic rings. The van der Waals surface area contributed by atoms with Crippen LogP contribution in [0.5, 0.6) is 11.5 Å². The summed E-state index contributed by atoms with van der Waals surface area (Å²) in [5.74, 6) is 1.36. The molecule has 1 unspecified atom stereocenters. The molecule has 8 nitrogen and oxygen atoms in total. The molecule has 39 heavy (non-hydrogen) atoms. The fourth-order valence-corrected chi connectivity index (χ4v) is 4.01. The number of carbonyl (C=O) groups excluding carboxylic acids is 2. The Kier molecular flexibility index (Phi) is 14.1. The average molecular weight is 541 g/mol. The number of ether oxygens (including phenoxy) is 2. The van der Waals surface area contributed by atoms with Crippen LogP contribution < -0.4 is 14.8 Å². The van der Waals surface area contributed by atoms with Gasteiger partial charge in [-0.15, -0.1) is 0 Å². The Morgan fingerprint density at radius 1 is 0.769 bits per heavy atom. The van der Waals surface area contributed by atoms with Gasteiger partial charge in [0.25, 0.3) is 0 Å². The molecule has 216 valence electrons. The fourth-order valence-electron chi connectivity index (χ4n) is 4.01. The van der Waals surface area contributed by atoms with E-state index >= 15 is 0 Å². The van der Waals surface area contributed by atoms with E-state index in [1.165, 1.54) is 0 Å². The number of nitrogens with zero attached hydrogens (tertiary/aromatic N) is 3. The number of aromatic nitrogens is 2. The molecular weight excluding hydrogens is 492 g/mol. The van der Waals surface area contributed by atoms with Gasteiger partial charge in [-0.1, -0.05) is 27.7 Å². The molecule has 0 aliphatic carbocycles. The highest BCUT2D eigenvalue weighted by Gasteiger charge is 2.14. The van der Waals surface area contributed by atoms with Crippen molar-refractivity contribution >= 4 is 11.6 Å². The summed E-state index contributed by atoms with van der Waals surface area (Å²) in [4.78, 5) is 34.9. The highest BCUT2D eigenvalue weighted by atomic mass is 16.5. The number of carbonyl (C=O) groups is 2. The van der Waals surface area contributed by atoms with E-state index < -0.39 is 0 Å². The van der Waals surface area contributed by atoms with Crippen LogP contribution in [0.4, 0.5) is 0 Å². The monoisotopic (exact) mass is 540 g/mol. The summed E-state index contributed by atoms with van der Waals surface area (Å²) >= 11 is 0. The molecule has 0 saturated heterocycles. The second kappa shape index (κ2) is 17.0. The maximum Gasteiger partial charge on any atom is 0.183 e. The lowest BCUT2D eigenvalue weighted by Gasteiger charge is -2.29. The van der Waals surface area contributed by atoms with Gasteiger partial charge in [0.15, 0.2) is 11.6 Å². The van der Waals surface area contributed by atoms with E-state index in [4.69, 9.17) is 9.47 Å². The first-order chi connectivity index (χ1) is 18.6. The van der Waals surface area contributed by atoms with Crippen molar-refractivity contribution in [2.75, 3.05) is 32.8 Å². The molecule has 0 radical (unpaired) electrons. The minimum absolute atomic E-state index is 0.0464. The van der Waals surface area contributed by atoms with E-state index in [1.54, 1.807) is 24.5 Å². The summed E-state index contributed by atoms with van der Waals surface area (Å²) in [6, 6.07) is 7.93. The summed E-state index contributed by atoms with van der Waals surface area (Å²) in [6.07, 6.45) is 6.14. The largest absolute Gasteiger partial charge is 0.492 e. The molecule has 2 rings (SSSR count). The first kappa shape index (κ1) is 32.4. The summed E-state index contributed by atoms with van der Waals surface area (Å²) < 4.78 is 11.6. The number of pyridine rings is 2. The zero-order chi connectivity index (χ0) is 28.8. The zero-order valence-electron chi connectivity index (χ0n) is 24.9. The predicted octanol–water partition coefficient (Wildman–Crippen LogP) is 5.47. The molecule has 0 fully saturated rings. The smallest absolute Gasteiger partial charge is 0.183 e. The van der Waals surface area contributed by atoms with Crippen molar-refractivity contribution in [1.82, 2.24) is 20.2 Å². The molecule has 0 aliphatic rings. The van der Waals surface area contributed by atoms with E-state index in [1.807, 2.05) is 39.8 Å². The van der Waals surface area contributed by atoms with Crippen LogP contribution >= 0.6 is 0 Å². The van der Waals surface area contributed by atoms with Gasteiger partial charge in [-0.3, -0.25) is 14.5 Å². The van der Waals surface area contributed by atoms with Gasteiger partial charge in [-0.25, -0.2) is 9.97 Å². The third-order valence-electron chi connectivity index (χ3n) is 6.46. The van der Waals surface area contributed by atoms with Crippen LogP contribution in [-0.2, 0) is 0 Å². The Hall–Kier alpha value is -2.84. The summed E-state index contributed by atoms with van der Waals surface area (Å²) in [6.45, 7) is 18.2. The average Bonchev–Trinajstić information content (AvgIpc) is 2.91. The molecule has 0 bridgehead atoms.